The van der Waals surface area contributed by atoms with E-state index in [0.29, 0.717) is 44.5 Å². The minimum absolute atomic E-state index is 0.0289. The number of terminal acetylenes is 1. The Kier molecular flexibility index (Phi) is 10.6. The number of alkyl halides is 1. The minimum atomic E-state index is -1.22. The van der Waals surface area contributed by atoms with Crippen molar-refractivity contribution in [1.29, 1.82) is 5.26 Å². The van der Waals surface area contributed by atoms with Gasteiger partial charge in [0.15, 0.2) is 5.82 Å². The fourth-order valence-corrected chi connectivity index (χ4v) is 8.81. The van der Waals surface area contributed by atoms with Crippen molar-refractivity contribution in [2.45, 2.75) is 69.7 Å². The number of amides is 1. The molecule has 56 heavy (non-hydrogen) atoms. The summed E-state index contributed by atoms with van der Waals surface area (Å²) in [6.07, 6.45) is 10.1. The molecule has 2 aromatic carbocycles. The molecule has 0 bridgehead atoms. The fourth-order valence-electron chi connectivity index (χ4n) is 8.81. The maximum atomic E-state index is 17.2. The number of benzene rings is 2. The zero-order valence-corrected chi connectivity index (χ0v) is 31.7. The highest BCUT2D eigenvalue weighted by Crippen LogP contribution is 2.47. The number of aromatic nitrogens is 3. The van der Waals surface area contributed by atoms with Crippen LogP contribution in [0.15, 0.2) is 43.1 Å². The molecule has 4 aromatic rings. The van der Waals surface area contributed by atoms with Gasteiger partial charge in [-0.15, -0.1) is 6.42 Å². The number of rotatable bonds is 10. The summed E-state index contributed by atoms with van der Waals surface area (Å²) in [5, 5.41) is 21.9. The lowest BCUT2D eigenvalue weighted by molar-refractivity contribution is -0.126. The third kappa shape index (κ3) is 6.75. The van der Waals surface area contributed by atoms with Crippen molar-refractivity contribution in [2.75, 3.05) is 51.4 Å². The Morgan fingerprint density at radius 2 is 2.02 bits per heavy atom. The number of halogens is 3. The number of hydrogen-bond donors (Lipinski definition) is 1. The van der Waals surface area contributed by atoms with Gasteiger partial charge in [-0.05, 0) is 69.2 Å². The van der Waals surface area contributed by atoms with Gasteiger partial charge in [0.1, 0.15) is 41.4 Å². The van der Waals surface area contributed by atoms with Crippen LogP contribution in [0.5, 0.6) is 11.8 Å². The number of fused-ring (bicyclic) bond motifs is 2. The van der Waals surface area contributed by atoms with E-state index in [4.69, 9.17) is 20.9 Å². The topological polar surface area (TPSA) is 128 Å². The highest BCUT2D eigenvalue weighted by Gasteiger charge is 2.58. The van der Waals surface area contributed by atoms with Crippen LogP contribution in [0.4, 0.5) is 19.0 Å². The first-order chi connectivity index (χ1) is 26.8. The number of carbonyl (C=O) groups excluding carboxylic acids is 1. The lowest BCUT2D eigenvalue weighted by Crippen LogP contribution is -2.61. The van der Waals surface area contributed by atoms with Gasteiger partial charge in [-0.1, -0.05) is 18.6 Å². The molecule has 292 valence electrons. The molecule has 0 unspecified atom stereocenters. The molecule has 7 rings (SSSR count). The molecule has 1 N–H and O–H groups in total. The summed E-state index contributed by atoms with van der Waals surface area (Å²) in [6, 6.07) is 7.21. The predicted octanol–water partition coefficient (Wildman–Crippen LogP) is 6.31. The normalized spacial score (nSPS) is 22.0. The zero-order chi connectivity index (χ0) is 39.9. The predicted molar refractivity (Wildman–Crippen MR) is 206 cm³/mol. The first-order valence-corrected chi connectivity index (χ1v) is 18.8. The van der Waals surface area contributed by atoms with Crippen LogP contribution in [0.25, 0.3) is 32.9 Å². The Balaban J connectivity index is 1.37. The van der Waals surface area contributed by atoms with Crippen molar-refractivity contribution < 1.29 is 32.5 Å². The molecule has 3 aliphatic rings. The van der Waals surface area contributed by atoms with Gasteiger partial charge in [0, 0.05) is 75.5 Å². The van der Waals surface area contributed by atoms with E-state index in [0.717, 1.165) is 12.8 Å². The molecule has 3 atom stereocenters. The molecule has 14 heteroatoms. The maximum Gasteiger partial charge on any atom is 0.319 e. The van der Waals surface area contributed by atoms with Crippen LogP contribution < -0.4 is 9.64 Å². The molecular formula is C42H44F3N7O4. The van der Waals surface area contributed by atoms with Gasteiger partial charge in [-0.2, -0.15) is 15.2 Å². The third-order valence-electron chi connectivity index (χ3n) is 11.8. The van der Waals surface area contributed by atoms with E-state index >= 15 is 13.2 Å². The average molecular weight is 768 g/mol. The smallest absolute Gasteiger partial charge is 0.319 e. The number of hydrogen-bond acceptors (Lipinski definition) is 10. The zero-order valence-electron chi connectivity index (χ0n) is 31.7. The number of phenolic OH excluding ortho intramolecular Hbond substituents is 1. The SMILES string of the molecule is C#Cc1c(F)ccc2cc(O)cc(-c3ncc4c(N(C)C[C@@H]5CCCN5C(=O)C=C)nc(OC[C@]5(C(C)(C)C#N)C[C@@H](F)CN5C5CCOCC5)nc4c3F)c12. The van der Waals surface area contributed by atoms with Crippen LogP contribution >= 0.6 is 0 Å². The van der Waals surface area contributed by atoms with Gasteiger partial charge in [0.2, 0.25) is 5.91 Å². The summed E-state index contributed by atoms with van der Waals surface area (Å²) in [5.41, 5.74) is -2.69. The van der Waals surface area contributed by atoms with E-state index in [1.807, 2.05) is 4.90 Å². The molecule has 5 heterocycles. The Morgan fingerprint density at radius 1 is 1.25 bits per heavy atom. The van der Waals surface area contributed by atoms with Crippen molar-refractivity contribution >= 4 is 33.4 Å². The quantitative estimate of drug-likeness (QED) is 0.145. The first-order valence-electron chi connectivity index (χ1n) is 18.8. The average Bonchev–Trinajstić information content (AvgIpc) is 3.81. The number of aromatic hydroxyl groups is 1. The molecule has 1 amide bonds. The van der Waals surface area contributed by atoms with Crippen LogP contribution in [0.2, 0.25) is 0 Å². The van der Waals surface area contributed by atoms with Gasteiger partial charge >= 0.3 is 6.01 Å². The summed E-state index contributed by atoms with van der Waals surface area (Å²) in [5.74, 6) is 0.583. The largest absolute Gasteiger partial charge is 0.508 e. The van der Waals surface area contributed by atoms with E-state index in [1.54, 1.807) is 30.7 Å². The second-order valence-electron chi connectivity index (χ2n) is 15.4. The van der Waals surface area contributed by atoms with Crippen LogP contribution in [0, 0.1) is 40.7 Å². The molecular weight excluding hydrogens is 724 g/mol. The number of phenols is 1. The van der Waals surface area contributed by atoms with Gasteiger partial charge in [0.25, 0.3) is 0 Å². The molecule has 2 aromatic heterocycles. The summed E-state index contributed by atoms with van der Waals surface area (Å²) in [6.45, 7) is 9.04. The van der Waals surface area contributed by atoms with Crippen molar-refractivity contribution in [2.24, 2.45) is 5.41 Å². The van der Waals surface area contributed by atoms with E-state index in [9.17, 15) is 15.2 Å². The number of carbonyl (C=O) groups is 1. The van der Waals surface area contributed by atoms with Gasteiger partial charge in [-0.25, -0.2) is 13.2 Å². The number of likely N-dealkylation sites (N-methyl/N-ethyl adjacent to an activating group) is 1. The molecule has 3 saturated heterocycles. The Morgan fingerprint density at radius 3 is 2.73 bits per heavy atom. The third-order valence-corrected chi connectivity index (χ3v) is 11.8. The monoisotopic (exact) mass is 767 g/mol. The van der Waals surface area contributed by atoms with Gasteiger partial charge in [0.05, 0.1) is 28.0 Å². The summed E-state index contributed by atoms with van der Waals surface area (Å²) in [7, 11) is 1.76. The molecule has 0 aliphatic carbocycles. The number of nitriles is 1. The molecule has 11 nitrogen and oxygen atoms in total. The molecule has 0 saturated carbocycles. The second kappa shape index (κ2) is 15.2. The standard InChI is InChI=1S/C42H44F3N7O4/c1-6-30-33(44)11-10-25-17-29(53)18-31(35(25)30)37-36(45)38-32(20-47-37)39(50(5)22-28-9-8-14-51(28)34(54)7-2)49-40(48-38)56-24-42(41(3,4)23-46)19-26(43)21-52(42)27-12-15-55-16-13-27/h1,7,10-11,17-18,20,26-28,53H,2,8-9,12-16,19,21-22,24H2,3-5H3/t26-,28+,42+/m1/s1. The fraction of sp³-hybridized carbons (Fsp3) is 0.452. The van der Waals surface area contributed by atoms with E-state index in [-0.39, 0.29) is 88.3 Å². The van der Waals surface area contributed by atoms with Crippen molar-refractivity contribution in [3.63, 3.8) is 0 Å². The van der Waals surface area contributed by atoms with Gasteiger partial charge < -0.3 is 24.4 Å². The number of pyridine rings is 1. The second-order valence-corrected chi connectivity index (χ2v) is 15.4. The summed E-state index contributed by atoms with van der Waals surface area (Å²) < 4.78 is 59.8. The Labute approximate surface area is 323 Å². The number of nitrogens with zero attached hydrogens (tertiary/aromatic N) is 7. The lowest BCUT2D eigenvalue weighted by Gasteiger charge is -2.49. The summed E-state index contributed by atoms with van der Waals surface area (Å²) in [4.78, 5) is 32.1. The number of ether oxygens (including phenoxy) is 2. The van der Waals surface area contributed by atoms with Crippen LogP contribution in [-0.4, -0.2) is 106 Å². The lowest BCUT2D eigenvalue weighted by atomic mass is 9.71. The minimum Gasteiger partial charge on any atom is -0.508 e. The van der Waals surface area contributed by atoms with E-state index < -0.39 is 28.8 Å². The van der Waals surface area contributed by atoms with E-state index in [2.05, 4.69) is 28.5 Å². The van der Waals surface area contributed by atoms with E-state index in [1.165, 1.54) is 36.5 Å². The summed E-state index contributed by atoms with van der Waals surface area (Å²) >= 11 is 0. The molecule has 0 spiro atoms. The maximum absolute atomic E-state index is 17.2. The Bertz CT molecular complexity index is 2290. The van der Waals surface area contributed by atoms with Crippen molar-refractivity contribution in [3.05, 3.63) is 60.3 Å². The van der Waals surface area contributed by atoms with Crippen LogP contribution in [-0.2, 0) is 9.53 Å². The van der Waals surface area contributed by atoms with Crippen LogP contribution in [0.1, 0.15) is 51.5 Å². The molecule has 0 radical (unpaired) electrons. The van der Waals surface area contributed by atoms with Crippen molar-refractivity contribution in [1.82, 2.24) is 24.8 Å². The van der Waals surface area contributed by atoms with Crippen LogP contribution in [0.3, 0.4) is 0 Å². The highest BCUT2D eigenvalue weighted by atomic mass is 19.1. The molecule has 3 fully saturated rings. The number of anilines is 1. The van der Waals surface area contributed by atoms with Gasteiger partial charge in [-0.3, -0.25) is 14.7 Å². The Hall–Kier alpha value is -5.44. The number of likely N-dealkylation sites (tertiary alicyclic amines) is 2. The molecule has 3 aliphatic heterocycles. The first kappa shape index (κ1) is 38.8. The van der Waals surface area contributed by atoms with Crippen molar-refractivity contribution in [3.8, 4) is 41.4 Å². The highest BCUT2D eigenvalue weighted by molar-refractivity contribution is 6.03.